The van der Waals surface area contributed by atoms with Crippen LogP contribution in [0.25, 0.3) is 16.6 Å². The Balaban J connectivity index is 1.46. The van der Waals surface area contributed by atoms with Gasteiger partial charge in [-0.15, -0.1) is 0 Å². The number of imidazole rings is 1. The molecule has 0 spiro atoms. The molecule has 2 fully saturated rings. The molecule has 0 aliphatic carbocycles. The van der Waals surface area contributed by atoms with E-state index in [2.05, 4.69) is 45.3 Å². The van der Waals surface area contributed by atoms with Gasteiger partial charge in [-0.3, -0.25) is 14.6 Å². The molecule has 8 nitrogen and oxygen atoms in total. The van der Waals surface area contributed by atoms with E-state index in [4.69, 9.17) is 0 Å². The highest BCUT2D eigenvalue weighted by atomic mass is 19.1. The molecular formula is C32H44FN5O3. The average Bonchev–Trinajstić information content (AvgIpc) is 3.42. The van der Waals surface area contributed by atoms with Gasteiger partial charge in [0.15, 0.2) is 0 Å². The molecule has 4 heterocycles. The molecule has 2 saturated heterocycles. The van der Waals surface area contributed by atoms with E-state index in [0.29, 0.717) is 48.6 Å². The lowest BCUT2D eigenvalue weighted by Gasteiger charge is -2.47. The van der Waals surface area contributed by atoms with Crippen molar-refractivity contribution >= 4 is 11.4 Å². The minimum Gasteiger partial charge on any atom is -0.389 e. The normalized spacial score (nSPS) is 21.2. The summed E-state index contributed by atoms with van der Waals surface area (Å²) in [6.07, 6.45) is 2.62. The molecule has 1 amide bonds. The lowest BCUT2D eigenvalue weighted by Crippen LogP contribution is -2.56. The SMILES string of the molecule is CCN(C(=O)c1cc(F)ccc1-c1cc(C2CN([C@@H](CN3C[C@@H](O)[C@H](O)C3)C(C)C)C2)cn2c(C)ncc12)C(C)C. The number of benzene rings is 1. The van der Waals surface area contributed by atoms with Gasteiger partial charge >= 0.3 is 0 Å². The van der Waals surface area contributed by atoms with Crippen LogP contribution in [0.4, 0.5) is 4.39 Å². The number of nitrogens with zero attached hydrogens (tertiary/aromatic N) is 5. The van der Waals surface area contributed by atoms with Gasteiger partial charge in [-0.05, 0) is 62.9 Å². The van der Waals surface area contributed by atoms with Gasteiger partial charge in [-0.2, -0.15) is 0 Å². The molecule has 3 aromatic rings. The molecule has 2 aliphatic heterocycles. The number of halogens is 1. The van der Waals surface area contributed by atoms with E-state index < -0.39 is 18.0 Å². The van der Waals surface area contributed by atoms with Crippen LogP contribution in [0.3, 0.4) is 0 Å². The maximum absolute atomic E-state index is 14.5. The van der Waals surface area contributed by atoms with Crippen LogP contribution >= 0.6 is 0 Å². The van der Waals surface area contributed by atoms with Gasteiger partial charge in [0.05, 0.1) is 29.5 Å². The summed E-state index contributed by atoms with van der Waals surface area (Å²) in [5.41, 5.74) is 4.01. The number of carbonyl (C=O) groups excluding carboxylic acids is 1. The van der Waals surface area contributed by atoms with Crippen molar-refractivity contribution in [2.75, 3.05) is 39.3 Å². The molecule has 0 radical (unpaired) electrons. The van der Waals surface area contributed by atoms with Crippen LogP contribution in [-0.4, -0.2) is 104 Å². The third-order valence-electron chi connectivity index (χ3n) is 8.97. The molecule has 41 heavy (non-hydrogen) atoms. The van der Waals surface area contributed by atoms with Crippen LogP contribution in [-0.2, 0) is 0 Å². The van der Waals surface area contributed by atoms with E-state index in [-0.39, 0.29) is 11.9 Å². The monoisotopic (exact) mass is 565 g/mol. The van der Waals surface area contributed by atoms with Crippen LogP contribution < -0.4 is 0 Å². The zero-order valence-corrected chi connectivity index (χ0v) is 25.1. The summed E-state index contributed by atoms with van der Waals surface area (Å²) in [6.45, 7) is 16.5. The Morgan fingerprint density at radius 3 is 2.37 bits per heavy atom. The number of aliphatic hydroxyl groups excluding tert-OH is 2. The largest absolute Gasteiger partial charge is 0.389 e. The van der Waals surface area contributed by atoms with Gasteiger partial charge < -0.3 is 19.5 Å². The van der Waals surface area contributed by atoms with Crippen molar-refractivity contribution in [3.05, 3.63) is 59.4 Å². The average molecular weight is 566 g/mol. The Bertz CT molecular complexity index is 1390. The molecule has 3 atom stereocenters. The number of likely N-dealkylation sites (tertiary alicyclic amines) is 2. The first-order valence-corrected chi connectivity index (χ1v) is 14.9. The smallest absolute Gasteiger partial charge is 0.254 e. The molecule has 2 N–H and O–H groups in total. The van der Waals surface area contributed by atoms with Crippen molar-refractivity contribution in [1.29, 1.82) is 0 Å². The molecule has 0 saturated carbocycles. The fraction of sp³-hybridized carbons (Fsp3) is 0.562. The van der Waals surface area contributed by atoms with E-state index in [0.717, 1.165) is 36.5 Å². The van der Waals surface area contributed by atoms with Crippen molar-refractivity contribution in [2.24, 2.45) is 5.92 Å². The molecule has 0 unspecified atom stereocenters. The van der Waals surface area contributed by atoms with Crippen LogP contribution in [0, 0.1) is 18.7 Å². The quantitative estimate of drug-likeness (QED) is 0.411. The van der Waals surface area contributed by atoms with Crippen LogP contribution in [0.15, 0.2) is 36.7 Å². The molecule has 2 aliphatic rings. The fourth-order valence-corrected chi connectivity index (χ4v) is 6.51. The predicted molar refractivity (Wildman–Crippen MR) is 159 cm³/mol. The first-order chi connectivity index (χ1) is 19.5. The summed E-state index contributed by atoms with van der Waals surface area (Å²) in [7, 11) is 0. The van der Waals surface area contributed by atoms with Gasteiger partial charge in [0.2, 0.25) is 0 Å². The number of aromatic nitrogens is 2. The first-order valence-electron chi connectivity index (χ1n) is 14.9. The Kier molecular flexibility index (Phi) is 8.53. The zero-order chi connectivity index (χ0) is 29.6. The van der Waals surface area contributed by atoms with E-state index in [9.17, 15) is 19.4 Å². The van der Waals surface area contributed by atoms with Gasteiger partial charge in [0.1, 0.15) is 11.6 Å². The standard InChI is InChI=1S/C32H44FN5O3/c1-7-37(20(4)5)32(41)27-11-24(33)8-9-25(27)26-10-22(15-38-21(6)34-12-28(26)38)23-13-36(14-23)29(19(2)3)16-35-17-30(39)31(40)18-35/h8-12,15,19-20,23,29-31,39-40H,7,13-14,16-18H2,1-6H3/t29-,30+,31+/m0/s1. The minimum atomic E-state index is -0.677. The van der Waals surface area contributed by atoms with Crippen molar-refractivity contribution in [1.82, 2.24) is 24.1 Å². The van der Waals surface area contributed by atoms with Crippen molar-refractivity contribution in [2.45, 2.75) is 71.8 Å². The van der Waals surface area contributed by atoms with E-state index in [1.54, 1.807) is 11.0 Å². The summed E-state index contributed by atoms with van der Waals surface area (Å²) < 4.78 is 16.6. The maximum atomic E-state index is 14.5. The highest BCUT2D eigenvalue weighted by Gasteiger charge is 2.38. The van der Waals surface area contributed by atoms with Crippen molar-refractivity contribution in [3.63, 3.8) is 0 Å². The second kappa shape index (κ2) is 11.8. The molecule has 9 heteroatoms. The third kappa shape index (κ3) is 5.78. The second-order valence-corrected chi connectivity index (χ2v) is 12.4. The molecular weight excluding hydrogens is 521 g/mol. The number of hydrogen-bond donors (Lipinski definition) is 2. The van der Waals surface area contributed by atoms with Gasteiger partial charge in [0, 0.05) is 69.0 Å². The number of hydrogen-bond acceptors (Lipinski definition) is 6. The maximum Gasteiger partial charge on any atom is 0.254 e. The fourth-order valence-electron chi connectivity index (χ4n) is 6.51. The number of aryl methyl sites for hydroxylation is 1. The summed E-state index contributed by atoms with van der Waals surface area (Å²) in [5, 5.41) is 20.0. The van der Waals surface area contributed by atoms with Crippen LogP contribution in [0.2, 0.25) is 0 Å². The Hall–Kier alpha value is -2.85. The highest BCUT2D eigenvalue weighted by Crippen LogP contribution is 2.37. The van der Waals surface area contributed by atoms with Gasteiger partial charge in [-0.1, -0.05) is 19.9 Å². The Morgan fingerprint density at radius 1 is 1.07 bits per heavy atom. The summed E-state index contributed by atoms with van der Waals surface area (Å²) in [6, 6.07) is 6.98. The lowest BCUT2D eigenvalue weighted by molar-refractivity contribution is 0.0421. The molecule has 5 rings (SSSR count). The summed E-state index contributed by atoms with van der Waals surface area (Å²) in [4.78, 5) is 24.6. The summed E-state index contributed by atoms with van der Waals surface area (Å²) in [5.74, 6) is 0.982. The topological polar surface area (TPSA) is 84.6 Å². The zero-order valence-electron chi connectivity index (χ0n) is 25.1. The number of β-amino-alcohol motifs (C(OH)–C–C–N with tert-alkyl or cyclic N) is 2. The number of fused-ring (bicyclic) bond motifs is 1. The molecule has 0 bridgehead atoms. The van der Waals surface area contributed by atoms with E-state index >= 15 is 0 Å². The predicted octanol–water partition coefficient (Wildman–Crippen LogP) is 3.78. The van der Waals surface area contributed by atoms with Crippen molar-refractivity contribution < 1.29 is 19.4 Å². The third-order valence-corrected chi connectivity index (χ3v) is 8.97. The summed E-state index contributed by atoms with van der Waals surface area (Å²) >= 11 is 0. The van der Waals surface area contributed by atoms with Crippen LogP contribution in [0.5, 0.6) is 0 Å². The van der Waals surface area contributed by atoms with E-state index in [1.807, 2.05) is 33.9 Å². The first kappa shape index (κ1) is 29.6. The molecule has 1 aromatic carbocycles. The Labute approximate surface area is 242 Å². The molecule has 2 aromatic heterocycles. The number of aliphatic hydroxyl groups is 2. The molecule has 222 valence electrons. The minimum absolute atomic E-state index is 0.00543. The highest BCUT2D eigenvalue weighted by molar-refractivity contribution is 6.03. The van der Waals surface area contributed by atoms with E-state index in [1.165, 1.54) is 17.7 Å². The van der Waals surface area contributed by atoms with Crippen LogP contribution in [0.1, 0.15) is 62.3 Å². The number of rotatable bonds is 9. The number of pyridine rings is 1. The number of amides is 1. The number of carbonyl (C=O) groups is 1. The van der Waals surface area contributed by atoms with Crippen molar-refractivity contribution in [3.8, 4) is 11.1 Å². The second-order valence-electron chi connectivity index (χ2n) is 12.4. The van der Waals surface area contributed by atoms with Gasteiger partial charge in [0.25, 0.3) is 5.91 Å². The van der Waals surface area contributed by atoms with Gasteiger partial charge in [-0.25, -0.2) is 9.37 Å². The Morgan fingerprint density at radius 2 is 1.76 bits per heavy atom. The lowest BCUT2D eigenvalue weighted by atomic mass is 9.86.